The molecule has 0 bridgehead atoms. The van der Waals surface area contributed by atoms with Gasteiger partial charge in [-0.1, -0.05) is 19.1 Å². The highest BCUT2D eigenvalue weighted by molar-refractivity contribution is 5.64. The molecule has 1 saturated heterocycles. The largest absolute Gasteiger partial charge is 0.379 e. The van der Waals surface area contributed by atoms with E-state index in [4.69, 9.17) is 9.72 Å². The zero-order valence-corrected chi connectivity index (χ0v) is 17.5. The second-order valence-corrected chi connectivity index (χ2v) is 7.92. The van der Waals surface area contributed by atoms with Gasteiger partial charge in [-0.2, -0.15) is 4.98 Å². The molecule has 2 aliphatic rings. The lowest BCUT2D eigenvalue weighted by atomic mass is 10.1. The Morgan fingerprint density at radius 2 is 2.16 bits per heavy atom. The Hall–Kier alpha value is -3.66. The molecule has 162 valence electrons. The van der Waals surface area contributed by atoms with Gasteiger partial charge >= 0.3 is 0 Å². The maximum absolute atomic E-state index is 13.8. The van der Waals surface area contributed by atoms with E-state index in [0.717, 1.165) is 36.8 Å². The smallest absolute Gasteiger partial charge is 0.237 e. The number of hydrogen-bond donors (Lipinski definition) is 0. The number of hydrogen-bond acceptors (Lipinski definition) is 7. The van der Waals surface area contributed by atoms with Crippen LogP contribution in [0.1, 0.15) is 31.6 Å². The maximum Gasteiger partial charge on any atom is 0.237 e. The summed E-state index contributed by atoms with van der Waals surface area (Å²) in [5, 5.41) is 8.53. The van der Waals surface area contributed by atoms with Gasteiger partial charge in [0.2, 0.25) is 5.95 Å². The van der Waals surface area contributed by atoms with E-state index in [2.05, 4.69) is 32.0 Å². The predicted octanol–water partition coefficient (Wildman–Crippen LogP) is 3.11. The van der Waals surface area contributed by atoms with Gasteiger partial charge < -0.3 is 9.64 Å². The minimum atomic E-state index is -0.318. The van der Waals surface area contributed by atoms with Gasteiger partial charge in [-0.25, -0.2) is 14.4 Å². The second kappa shape index (κ2) is 7.49. The molecular weight excluding hydrogens is 411 g/mol. The van der Waals surface area contributed by atoms with E-state index in [0.29, 0.717) is 23.9 Å². The highest BCUT2D eigenvalue weighted by atomic mass is 19.1. The summed E-state index contributed by atoms with van der Waals surface area (Å²) in [7, 11) is 0. The zero-order chi connectivity index (χ0) is 21.7. The van der Waals surface area contributed by atoms with Crippen molar-refractivity contribution in [3.05, 3.63) is 60.8 Å². The van der Waals surface area contributed by atoms with Gasteiger partial charge in [-0.05, 0) is 25.0 Å². The van der Waals surface area contributed by atoms with E-state index in [1.165, 1.54) is 12.1 Å². The number of fused-ring (bicyclic) bond motifs is 3. The first-order valence-corrected chi connectivity index (χ1v) is 10.7. The molecule has 1 unspecified atom stereocenters. The standard InChI is InChI=1S/C22H21FN8O/c1-2-17-21-28-26-13-30(21)18-11-25-22(27-20(18)31(17)16-6-9-32-12-16)29-8-7-24-19(29)14-4-3-5-15(23)10-14/h3-5,7-8,10-11,13,16-17H,2,6,9,12H2,1H3/t16?,17-/m1/s1. The SMILES string of the molecule is CC[C@@H]1c2nncn2-c2cnc(-n3ccnc3-c3cccc(F)c3)nc2N1C1CCOC1. The summed E-state index contributed by atoms with van der Waals surface area (Å²) in [4.78, 5) is 16.3. The van der Waals surface area contributed by atoms with E-state index in [1.54, 1.807) is 35.6 Å². The lowest BCUT2D eigenvalue weighted by Gasteiger charge is -2.40. The third kappa shape index (κ3) is 2.90. The number of benzene rings is 1. The first kappa shape index (κ1) is 19.1. The lowest BCUT2D eigenvalue weighted by molar-refractivity contribution is 0.191. The van der Waals surface area contributed by atoms with E-state index in [-0.39, 0.29) is 17.9 Å². The number of rotatable bonds is 4. The van der Waals surface area contributed by atoms with Crippen LogP contribution in [0, 0.1) is 5.82 Å². The lowest BCUT2D eigenvalue weighted by Crippen LogP contribution is -2.43. The van der Waals surface area contributed by atoms with Crippen molar-refractivity contribution in [2.24, 2.45) is 0 Å². The fourth-order valence-electron chi connectivity index (χ4n) is 4.62. The number of anilines is 1. The zero-order valence-electron chi connectivity index (χ0n) is 17.5. The highest BCUT2D eigenvalue weighted by Crippen LogP contribution is 2.40. The van der Waals surface area contributed by atoms with Crippen LogP contribution >= 0.6 is 0 Å². The van der Waals surface area contributed by atoms with E-state index < -0.39 is 0 Å². The van der Waals surface area contributed by atoms with Crippen molar-refractivity contribution in [3.63, 3.8) is 0 Å². The Bertz CT molecular complexity index is 1280. The topological polar surface area (TPSA) is 86.8 Å². The monoisotopic (exact) mass is 432 g/mol. The molecule has 32 heavy (non-hydrogen) atoms. The average Bonchev–Trinajstić information content (AvgIpc) is 3.59. The fraction of sp³-hybridized carbons (Fsp3) is 0.318. The molecule has 6 rings (SSSR count). The molecule has 0 N–H and O–H groups in total. The van der Waals surface area contributed by atoms with Gasteiger partial charge in [0.15, 0.2) is 11.6 Å². The molecule has 3 aromatic heterocycles. The number of halogens is 1. The summed E-state index contributed by atoms with van der Waals surface area (Å²) in [6.07, 6.45) is 8.72. The summed E-state index contributed by atoms with van der Waals surface area (Å²) in [5.74, 6) is 2.42. The minimum absolute atomic E-state index is 0.0323. The van der Waals surface area contributed by atoms with E-state index in [9.17, 15) is 4.39 Å². The Kier molecular flexibility index (Phi) is 4.46. The van der Waals surface area contributed by atoms with Crippen molar-refractivity contribution in [1.82, 2.24) is 34.3 Å². The van der Waals surface area contributed by atoms with Gasteiger partial charge in [-0.3, -0.25) is 9.13 Å². The Morgan fingerprint density at radius 1 is 1.22 bits per heavy atom. The van der Waals surface area contributed by atoms with Crippen molar-refractivity contribution in [2.45, 2.75) is 31.8 Å². The van der Waals surface area contributed by atoms with Crippen LogP contribution in [0.25, 0.3) is 23.0 Å². The van der Waals surface area contributed by atoms with E-state index in [1.807, 2.05) is 10.6 Å². The van der Waals surface area contributed by atoms with Gasteiger partial charge in [-0.15, -0.1) is 10.2 Å². The number of imidazole rings is 1. The van der Waals surface area contributed by atoms with Crippen LogP contribution in [-0.4, -0.2) is 53.5 Å². The first-order chi connectivity index (χ1) is 15.7. The Labute approximate surface area is 183 Å². The third-order valence-electron chi connectivity index (χ3n) is 6.07. The predicted molar refractivity (Wildman–Crippen MR) is 114 cm³/mol. The van der Waals surface area contributed by atoms with Crippen LogP contribution in [0.3, 0.4) is 0 Å². The van der Waals surface area contributed by atoms with Crippen LogP contribution in [0.2, 0.25) is 0 Å². The van der Waals surface area contributed by atoms with E-state index >= 15 is 0 Å². The Balaban J connectivity index is 1.51. The molecule has 10 heteroatoms. The molecule has 1 aromatic carbocycles. The van der Waals surface area contributed by atoms with Crippen LogP contribution in [0.4, 0.5) is 10.2 Å². The summed E-state index contributed by atoms with van der Waals surface area (Å²) >= 11 is 0. The molecule has 4 aromatic rings. The molecule has 5 heterocycles. The molecule has 9 nitrogen and oxygen atoms in total. The molecule has 0 aliphatic carbocycles. The van der Waals surface area contributed by atoms with Crippen LogP contribution in [-0.2, 0) is 4.74 Å². The van der Waals surface area contributed by atoms with Crippen molar-refractivity contribution in [2.75, 3.05) is 18.1 Å². The van der Waals surface area contributed by atoms with Crippen LogP contribution in [0.5, 0.6) is 0 Å². The molecule has 0 amide bonds. The first-order valence-electron chi connectivity index (χ1n) is 10.7. The van der Waals surface area contributed by atoms with Crippen molar-refractivity contribution >= 4 is 5.82 Å². The summed E-state index contributed by atoms with van der Waals surface area (Å²) in [5.41, 5.74) is 1.49. The molecular formula is C22H21FN8O. The number of ether oxygens (including phenoxy) is 1. The quantitative estimate of drug-likeness (QED) is 0.490. The number of nitrogens with zero attached hydrogens (tertiary/aromatic N) is 8. The molecule has 1 fully saturated rings. The highest BCUT2D eigenvalue weighted by Gasteiger charge is 2.39. The second-order valence-electron chi connectivity index (χ2n) is 7.92. The number of aromatic nitrogens is 7. The van der Waals surface area contributed by atoms with Crippen LogP contribution < -0.4 is 4.90 Å². The van der Waals surface area contributed by atoms with Crippen molar-refractivity contribution < 1.29 is 9.13 Å². The van der Waals surface area contributed by atoms with Gasteiger partial charge in [0.25, 0.3) is 0 Å². The molecule has 2 atom stereocenters. The summed E-state index contributed by atoms with van der Waals surface area (Å²) in [6, 6.07) is 6.57. The van der Waals surface area contributed by atoms with Gasteiger partial charge in [0.05, 0.1) is 24.9 Å². The summed E-state index contributed by atoms with van der Waals surface area (Å²) in [6.45, 7) is 3.50. The normalized spacial score (nSPS) is 19.8. The average molecular weight is 432 g/mol. The minimum Gasteiger partial charge on any atom is -0.379 e. The molecule has 0 spiro atoms. The molecule has 0 saturated carbocycles. The van der Waals surface area contributed by atoms with Crippen LogP contribution in [0.15, 0.2) is 49.2 Å². The van der Waals surface area contributed by atoms with Gasteiger partial charge in [0, 0.05) is 24.6 Å². The molecule has 2 aliphatic heterocycles. The summed E-state index contributed by atoms with van der Waals surface area (Å²) < 4.78 is 23.3. The maximum atomic E-state index is 13.8. The van der Waals surface area contributed by atoms with Crippen molar-refractivity contribution in [1.29, 1.82) is 0 Å². The van der Waals surface area contributed by atoms with Gasteiger partial charge in [0.1, 0.15) is 23.7 Å². The van der Waals surface area contributed by atoms with Crippen molar-refractivity contribution in [3.8, 4) is 23.0 Å². The third-order valence-corrected chi connectivity index (χ3v) is 6.07. The Morgan fingerprint density at radius 3 is 2.97 bits per heavy atom. The molecule has 0 radical (unpaired) electrons. The fourth-order valence-corrected chi connectivity index (χ4v) is 4.62.